The average molecular weight is 307 g/mol. The Morgan fingerprint density at radius 2 is 2.09 bits per heavy atom. The molecule has 1 saturated heterocycles. The number of aromatic nitrogens is 1. The van der Waals surface area contributed by atoms with Crippen LogP contribution in [0, 0.1) is 5.92 Å². The highest BCUT2D eigenvalue weighted by molar-refractivity contribution is 5.92. The van der Waals surface area contributed by atoms with Crippen molar-refractivity contribution in [3.8, 4) is 5.88 Å². The Bertz CT molecular complexity index is 499. The predicted molar refractivity (Wildman–Crippen MR) is 85.5 cm³/mol. The smallest absolute Gasteiger partial charge is 0.343 e. The number of carbonyl (C=O) groups excluding carboxylic acids is 1. The standard InChI is InChI=1S/C16H25N3O3/c1-12-6-9-19(10-7-12)11-8-17-14-5-4-13(16(20)22-3)15(18-14)21-2/h4-5,12H,6-11H2,1-3H3,(H,17,18). The van der Waals surface area contributed by atoms with Gasteiger partial charge in [0, 0.05) is 13.1 Å². The van der Waals surface area contributed by atoms with Crippen molar-refractivity contribution < 1.29 is 14.3 Å². The second-order valence-corrected chi connectivity index (χ2v) is 5.70. The minimum absolute atomic E-state index is 0.281. The Morgan fingerprint density at radius 1 is 1.36 bits per heavy atom. The first-order valence-electron chi connectivity index (χ1n) is 7.73. The molecule has 0 amide bonds. The van der Waals surface area contributed by atoms with E-state index in [1.807, 2.05) is 0 Å². The highest BCUT2D eigenvalue weighted by Crippen LogP contribution is 2.19. The number of hydrogen-bond donors (Lipinski definition) is 1. The summed E-state index contributed by atoms with van der Waals surface area (Å²) in [5.41, 5.74) is 0.334. The molecule has 0 aromatic carbocycles. The van der Waals surface area contributed by atoms with Crippen LogP contribution in [0.25, 0.3) is 0 Å². The van der Waals surface area contributed by atoms with Crippen LogP contribution >= 0.6 is 0 Å². The summed E-state index contributed by atoms with van der Waals surface area (Å²) < 4.78 is 9.86. The van der Waals surface area contributed by atoms with E-state index in [0.29, 0.717) is 11.4 Å². The average Bonchev–Trinajstić information content (AvgIpc) is 2.55. The van der Waals surface area contributed by atoms with Gasteiger partial charge in [0.1, 0.15) is 11.4 Å². The number of carbonyl (C=O) groups is 1. The quantitative estimate of drug-likeness (QED) is 0.811. The number of likely N-dealkylation sites (tertiary alicyclic amines) is 1. The molecule has 0 aliphatic carbocycles. The maximum atomic E-state index is 11.6. The fourth-order valence-electron chi connectivity index (χ4n) is 2.59. The van der Waals surface area contributed by atoms with Crippen LogP contribution in [0.1, 0.15) is 30.1 Å². The Morgan fingerprint density at radius 3 is 2.73 bits per heavy atom. The molecule has 1 N–H and O–H groups in total. The summed E-state index contributed by atoms with van der Waals surface area (Å²) in [6, 6.07) is 3.44. The van der Waals surface area contributed by atoms with Crippen molar-refractivity contribution in [3.63, 3.8) is 0 Å². The number of hydrogen-bond acceptors (Lipinski definition) is 6. The van der Waals surface area contributed by atoms with Crippen molar-refractivity contribution in [1.82, 2.24) is 9.88 Å². The van der Waals surface area contributed by atoms with Gasteiger partial charge in [-0.2, -0.15) is 4.98 Å². The lowest BCUT2D eigenvalue weighted by molar-refractivity contribution is 0.0596. The summed E-state index contributed by atoms with van der Waals surface area (Å²) in [4.78, 5) is 18.3. The van der Waals surface area contributed by atoms with Gasteiger partial charge in [0.15, 0.2) is 0 Å². The number of esters is 1. The number of nitrogens with one attached hydrogen (secondary N) is 1. The molecule has 0 unspecified atom stereocenters. The third-order valence-corrected chi connectivity index (χ3v) is 4.07. The molecule has 0 radical (unpaired) electrons. The van der Waals surface area contributed by atoms with Crippen LogP contribution in [0.2, 0.25) is 0 Å². The summed E-state index contributed by atoms with van der Waals surface area (Å²) in [6.07, 6.45) is 2.56. The first kappa shape index (κ1) is 16.5. The summed E-state index contributed by atoms with van der Waals surface area (Å²) in [5.74, 6) is 1.39. The summed E-state index contributed by atoms with van der Waals surface area (Å²) in [5, 5.41) is 3.28. The van der Waals surface area contributed by atoms with E-state index in [4.69, 9.17) is 9.47 Å². The van der Waals surface area contributed by atoms with Crippen molar-refractivity contribution >= 4 is 11.8 Å². The van der Waals surface area contributed by atoms with Gasteiger partial charge in [-0.3, -0.25) is 0 Å². The maximum absolute atomic E-state index is 11.6. The molecule has 6 nitrogen and oxygen atoms in total. The molecule has 0 spiro atoms. The number of methoxy groups -OCH3 is 2. The molecule has 22 heavy (non-hydrogen) atoms. The molecule has 6 heteroatoms. The number of anilines is 1. The van der Waals surface area contributed by atoms with Crippen LogP contribution in [0.5, 0.6) is 5.88 Å². The molecule has 1 fully saturated rings. The Labute approximate surface area is 131 Å². The topological polar surface area (TPSA) is 63.7 Å². The van der Waals surface area contributed by atoms with Crippen LogP contribution < -0.4 is 10.1 Å². The number of pyridine rings is 1. The molecule has 1 aromatic heterocycles. The molecule has 2 rings (SSSR count). The zero-order chi connectivity index (χ0) is 15.9. The van der Waals surface area contributed by atoms with Crippen LogP contribution in [0.3, 0.4) is 0 Å². The Kier molecular flexibility index (Phi) is 6.00. The van der Waals surface area contributed by atoms with E-state index in [0.717, 1.165) is 19.0 Å². The van der Waals surface area contributed by atoms with E-state index in [9.17, 15) is 4.79 Å². The molecular weight excluding hydrogens is 282 g/mol. The van der Waals surface area contributed by atoms with E-state index in [1.54, 1.807) is 12.1 Å². The lowest BCUT2D eigenvalue weighted by Crippen LogP contribution is -2.36. The van der Waals surface area contributed by atoms with Gasteiger partial charge in [-0.05, 0) is 44.0 Å². The Hall–Kier alpha value is -1.82. The largest absolute Gasteiger partial charge is 0.480 e. The van der Waals surface area contributed by atoms with Crippen molar-refractivity contribution in [3.05, 3.63) is 17.7 Å². The van der Waals surface area contributed by atoms with Crippen LogP contribution in [0.15, 0.2) is 12.1 Å². The SMILES string of the molecule is COC(=O)c1ccc(NCCN2CCC(C)CC2)nc1OC. The molecule has 1 aliphatic rings. The second-order valence-electron chi connectivity index (χ2n) is 5.70. The number of rotatable bonds is 6. The summed E-state index contributed by atoms with van der Waals surface area (Å²) >= 11 is 0. The third kappa shape index (κ3) is 4.34. The highest BCUT2D eigenvalue weighted by atomic mass is 16.5. The fourth-order valence-corrected chi connectivity index (χ4v) is 2.59. The number of piperidine rings is 1. The van der Waals surface area contributed by atoms with E-state index >= 15 is 0 Å². The van der Waals surface area contributed by atoms with Gasteiger partial charge in [0.2, 0.25) is 5.88 Å². The lowest BCUT2D eigenvalue weighted by atomic mass is 9.99. The molecule has 2 heterocycles. The molecule has 0 bridgehead atoms. The van der Waals surface area contributed by atoms with Gasteiger partial charge >= 0.3 is 5.97 Å². The monoisotopic (exact) mass is 307 g/mol. The molecule has 0 saturated carbocycles. The summed E-state index contributed by atoms with van der Waals surface area (Å²) in [7, 11) is 2.83. The van der Waals surface area contributed by atoms with Gasteiger partial charge in [-0.1, -0.05) is 6.92 Å². The van der Waals surface area contributed by atoms with E-state index < -0.39 is 5.97 Å². The first-order chi connectivity index (χ1) is 10.6. The lowest BCUT2D eigenvalue weighted by Gasteiger charge is -2.30. The third-order valence-electron chi connectivity index (χ3n) is 4.07. The molecular formula is C16H25N3O3. The highest BCUT2D eigenvalue weighted by Gasteiger charge is 2.16. The van der Waals surface area contributed by atoms with Gasteiger partial charge in [-0.25, -0.2) is 4.79 Å². The maximum Gasteiger partial charge on any atom is 0.343 e. The Balaban J connectivity index is 1.86. The second kappa shape index (κ2) is 7.98. The number of ether oxygens (including phenoxy) is 2. The minimum atomic E-state index is -0.446. The van der Waals surface area contributed by atoms with Crippen LogP contribution in [-0.4, -0.2) is 56.3 Å². The van der Waals surface area contributed by atoms with Crippen molar-refractivity contribution in [2.75, 3.05) is 45.7 Å². The molecule has 1 aliphatic heterocycles. The molecule has 0 atom stereocenters. The van der Waals surface area contributed by atoms with Gasteiger partial charge in [-0.15, -0.1) is 0 Å². The summed E-state index contributed by atoms with van der Waals surface area (Å²) in [6.45, 7) is 6.47. The van der Waals surface area contributed by atoms with Crippen molar-refractivity contribution in [2.24, 2.45) is 5.92 Å². The van der Waals surface area contributed by atoms with E-state index in [1.165, 1.54) is 40.2 Å². The first-order valence-corrected chi connectivity index (χ1v) is 7.73. The van der Waals surface area contributed by atoms with Crippen LogP contribution in [0.4, 0.5) is 5.82 Å². The van der Waals surface area contributed by atoms with E-state index in [-0.39, 0.29) is 5.88 Å². The molecule has 122 valence electrons. The fraction of sp³-hybridized carbons (Fsp3) is 0.625. The zero-order valence-corrected chi connectivity index (χ0v) is 13.6. The van der Waals surface area contributed by atoms with Crippen molar-refractivity contribution in [1.29, 1.82) is 0 Å². The molecule has 1 aromatic rings. The normalized spacial score (nSPS) is 16.3. The van der Waals surface area contributed by atoms with Crippen molar-refractivity contribution in [2.45, 2.75) is 19.8 Å². The van der Waals surface area contributed by atoms with Crippen LogP contribution in [-0.2, 0) is 4.74 Å². The van der Waals surface area contributed by atoms with E-state index in [2.05, 4.69) is 22.1 Å². The predicted octanol–water partition coefficient (Wildman–Crippen LogP) is 2.02. The van der Waals surface area contributed by atoms with Gasteiger partial charge < -0.3 is 19.7 Å². The van der Waals surface area contributed by atoms with Gasteiger partial charge in [0.05, 0.1) is 14.2 Å². The number of nitrogens with zero attached hydrogens (tertiary/aromatic N) is 2. The van der Waals surface area contributed by atoms with Gasteiger partial charge in [0.25, 0.3) is 0 Å². The zero-order valence-electron chi connectivity index (χ0n) is 13.6. The minimum Gasteiger partial charge on any atom is -0.480 e.